The largest absolute Gasteiger partial charge is 0.383 e. The number of hydrogen-bond acceptors (Lipinski definition) is 4. The van der Waals surface area contributed by atoms with E-state index in [1.54, 1.807) is 7.11 Å². The van der Waals surface area contributed by atoms with Gasteiger partial charge in [0.15, 0.2) is 11.6 Å². The van der Waals surface area contributed by atoms with Crippen LogP contribution in [-0.4, -0.2) is 51.5 Å². The molecule has 2 rings (SSSR count). The Morgan fingerprint density at radius 2 is 1.96 bits per heavy atom. The van der Waals surface area contributed by atoms with Gasteiger partial charge in [-0.05, 0) is 38.0 Å². The van der Waals surface area contributed by atoms with E-state index < -0.39 is 21.7 Å². The molecule has 0 aliphatic carbocycles. The van der Waals surface area contributed by atoms with E-state index >= 15 is 0 Å². The minimum Gasteiger partial charge on any atom is -0.383 e. The standard InChI is InChI=1S/C16H22F2N2O4S/c1-11(10-24-2)19-16(21)12-5-7-20(8-6-12)25(22,23)13-3-4-14(17)15(18)9-13/h3-4,9,11-12H,5-8,10H2,1-2H3,(H,19,21). The van der Waals surface area contributed by atoms with E-state index in [0.717, 1.165) is 12.1 Å². The van der Waals surface area contributed by atoms with E-state index in [9.17, 15) is 22.0 Å². The second-order valence-corrected chi connectivity index (χ2v) is 8.06. The lowest BCUT2D eigenvalue weighted by Crippen LogP contribution is -2.45. The van der Waals surface area contributed by atoms with Gasteiger partial charge in [-0.3, -0.25) is 4.79 Å². The fourth-order valence-corrected chi connectivity index (χ4v) is 4.28. The van der Waals surface area contributed by atoms with Gasteiger partial charge in [-0.25, -0.2) is 17.2 Å². The number of carbonyl (C=O) groups is 1. The maximum atomic E-state index is 13.3. The quantitative estimate of drug-likeness (QED) is 0.817. The highest BCUT2D eigenvalue weighted by Gasteiger charge is 2.32. The summed E-state index contributed by atoms with van der Waals surface area (Å²) in [4.78, 5) is 11.9. The van der Waals surface area contributed by atoms with Crippen LogP contribution >= 0.6 is 0 Å². The van der Waals surface area contributed by atoms with Gasteiger partial charge in [0.2, 0.25) is 15.9 Å². The molecule has 1 fully saturated rings. The topological polar surface area (TPSA) is 75.7 Å². The van der Waals surface area contributed by atoms with E-state index in [0.29, 0.717) is 25.5 Å². The first-order chi connectivity index (χ1) is 11.8. The van der Waals surface area contributed by atoms with Crippen LogP contribution < -0.4 is 5.32 Å². The average Bonchev–Trinajstić information content (AvgIpc) is 2.57. The van der Waals surface area contributed by atoms with Gasteiger partial charge in [0, 0.05) is 32.2 Å². The van der Waals surface area contributed by atoms with Gasteiger partial charge in [0.05, 0.1) is 11.5 Å². The van der Waals surface area contributed by atoms with Crippen molar-refractivity contribution in [3.8, 4) is 0 Å². The summed E-state index contributed by atoms with van der Waals surface area (Å²) < 4.78 is 57.5. The van der Waals surface area contributed by atoms with Crippen molar-refractivity contribution in [1.29, 1.82) is 0 Å². The summed E-state index contributed by atoms with van der Waals surface area (Å²) in [5, 5.41) is 2.83. The summed E-state index contributed by atoms with van der Waals surface area (Å²) in [6, 6.07) is 2.38. The van der Waals surface area contributed by atoms with Crippen molar-refractivity contribution in [2.24, 2.45) is 5.92 Å². The molecule has 1 atom stereocenters. The second kappa shape index (κ2) is 8.20. The van der Waals surface area contributed by atoms with E-state index in [1.165, 1.54) is 4.31 Å². The van der Waals surface area contributed by atoms with Gasteiger partial charge in [0.25, 0.3) is 0 Å². The second-order valence-electron chi connectivity index (χ2n) is 6.12. The van der Waals surface area contributed by atoms with Gasteiger partial charge in [-0.2, -0.15) is 4.31 Å². The Morgan fingerprint density at radius 1 is 1.32 bits per heavy atom. The van der Waals surface area contributed by atoms with Crippen LogP contribution in [0.4, 0.5) is 8.78 Å². The number of ether oxygens (including phenoxy) is 1. The van der Waals surface area contributed by atoms with Crippen LogP contribution in [0.5, 0.6) is 0 Å². The van der Waals surface area contributed by atoms with Gasteiger partial charge < -0.3 is 10.1 Å². The van der Waals surface area contributed by atoms with Gasteiger partial charge >= 0.3 is 0 Å². The molecule has 1 aromatic carbocycles. The third kappa shape index (κ3) is 4.74. The number of nitrogens with one attached hydrogen (secondary N) is 1. The number of amides is 1. The van der Waals surface area contributed by atoms with Crippen LogP contribution in [0.15, 0.2) is 23.1 Å². The molecule has 0 saturated carbocycles. The molecule has 0 radical (unpaired) electrons. The van der Waals surface area contributed by atoms with Crippen molar-refractivity contribution in [2.45, 2.75) is 30.7 Å². The molecule has 6 nitrogen and oxygen atoms in total. The highest BCUT2D eigenvalue weighted by Crippen LogP contribution is 2.25. The van der Waals surface area contributed by atoms with E-state index in [2.05, 4.69) is 5.32 Å². The maximum Gasteiger partial charge on any atom is 0.243 e. The Kier molecular flexibility index (Phi) is 6.47. The van der Waals surface area contributed by atoms with Crippen molar-refractivity contribution in [3.05, 3.63) is 29.8 Å². The summed E-state index contributed by atoms with van der Waals surface area (Å²) in [5.41, 5.74) is 0. The van der Waals surface area contributed by atoms with Crippen molar-refractivity contribution in [3.63, 3.8) is 0 Å². The van der Waals surface area contributed by atoms with E-state index in [1.807, 2.05) is 6.92 Å². The molecule has 1 amide bonds. The molecular weight excluding hydrogens is 354 g/mol. The molecule has 0 bridgehead atoms. The lowest BCUT2D eigenvalue weighted by Gasteiger charge is -2.31. The number of halogens is 2. The number of hydrogen-bond donors (Lipinski definition) is 1. The molecule has 1 aliphatic heterocycles. The highest BCUT2D eigenvalue weighted by molar-refractivity contribution is 7.89. The number of sulfonamides is 1. The number of benzene rings is 1. The van der Waals surface area contributed by atoms with E-state index in [-0.39, 0.29) is 35.9 Å². The number of rotatable bonds is 6. The number of methoxy groups -OCH3 is 1. The summed E-state index contributed by atoms with van der Waals surface area (Å²) in [5.74, 6) is -2.72. The third-order valence-corrected chi connectivity index (χ3v) is 6.05. The summed E-state index contributed by atoms with van der Waals surface area (Å²) in [6.45, 7) is 2.52. The Bertz CT molecular complexity index is 719. The molecule has 1 unspecified atom stereocenters. The average molecular weight is 376 g/mol. The van der Waals surface area contributed by atoms with Crippen LogP contribution in [-0.2, 0) is 19.6 Å². The van der Waals surface area contributed by atoms with Crippen LogP contribution in [0.3, 0.4) is 0 Å². The summed E-state index contributed by atoms with van der Waals surface area (Å²) in [7, 11) is -2.36. The Morgan fingerprint density at radius 3 is 2.52 bits per heavy atom. The highest BCUT2D eigenvalue weighted by atomic mass is 32.2. The maximum absolute atomic E-state index is 13.3. The molecule has 0 aromatic heterocycles. The first-order valence-electron chi connectivity index (χ1n) is 8.00. The molecule has 0 spiro atoms. The van der Waals surface area contributed by atoms with Crippen LogP contribution in [0.25, 0.3) is 0 Å². The zero-order valence-electron chi connectivity index (χ0n) is 14.2. The summed E-state index contributed by atoms with van der Waals surface area (Å²) >= 11 is 0. The van der Waals surface area contributed by atoms with Crippen molar-refractivity contribution < 1.29 is 26.7 Å². The molecule has 140 valence electrons. The van der Waals surface area contributed by atoms with Crippen LogP contribution in [0.2, 0.25) is 0 Å². The Labute approximate surface area is 146 Å². The Balaban J connectivity index is 1.99. The number of piperidine rings is 1. The molecule has 1 N–H and O–H groups in total. The first-order valence-corrected chi connectivity index (χ1v) is 9.44. The van der Waals surface area contributed by atoms with Crippen LogP contribution in [0, 0.1) is 17.6 Å². The molecule has 1 aliphatic rings. The van der Waals surface area contributed by atoms with Crippen molar-refractivity contribution in [1.82, 2.24) is 9.62 Å². The third-order valence-electron chi connectivity index (χ3n) is 4.16. The lowest BCUT2D eigenvalue weighted by atomic mass is 9.97. The predicted octanol–water partition coefficient (Wildman–Crippen LogP) is 1.52. The van der Waals surface area contributed by atoms with Gasteiger partial charge in [-0.15, -0.1) is 0 Å². The zero-order chi connectivity index (χ0) is 18.6. The minimum atomic E-state index is -3.91. The number of nitrogens with zero attached hydrogens (tertiary/aromatic N) is 1. The van der Waals surface area contributed by atoms with Crippen molar-refractivity contribution >= 4 is 15.9 Å². The lowest BCUT2D eigenvalue weighted by molar-refractivity contribution is -0.127. The van der Waals surface area contributed by atoms with Crippen molar-refractivity contribution in [2.75, 3.05) is 26.8 Å². The molecule has 25 heavy (non-hydrogen) atoms. The summed E-state index contributed by atoms with van der Waals surface area (Å²) in [6.07, 6.45) is 0.739. The Hall–Kier alpha value is -1.58. The SMILES string of the molecule is COCC(C)NC(=O)C1CCN(S(=O)(=O)c2ccc(F)c(F)c2)CC1. The fourth-order valence-electron chi connectivity index (χ4n) is 2.80. The zero-order valence-corrected chi connectivity index (χ0v) is 15.0. The monoisotopic (exact) mass is 376 g/mol. The first kappa shape index (κ1) is 19.7. The molecular formula is C16H22F2N2O4S. The molecule has 1 aromatic rings. The molecule has 1 saturated heterocycles. The van der Waals surface area contributed by atoms with Gasteiger partial charge in [0.1, 0.15) is 0 Å². The normalized spacial score (nSPS) is 18.1. The molecule has 1 heterocycles. The smallest absolute Gasteiger partial charge is 0.243 e. The van der Waals surface area contributed by atoms with E-state index in [4.69, 9.17) is 4.74 Å². The minimum absolute atomic E-state index is 0.124. The van der Waals surface area contributed by atoms with Crippen LogP contribution in [0.1, 0.15) is 19.8 Å². The molecule has 9 heteroatoms. The fraction of sp³-hybridized carbons (Fsp3) is 0.562. The van der Waals surface area contributed by atoms with Gasteiger partial charge in [-0.1, -0.05) is 0 Å². The predicted molar refractivity (Wildman–Crippen MR) is 87.3 cm³/mol. The number of carbonyl (C=O) groups excluding carboxylic acids is 1.